The van der Waals surface area contributed by atoms with E-state index >= 15 is 0 Å². The summed E-state index contributed by atoms with van der Waals surface area (Å²) in [7, 11) is 0. The van der Waals surface area contributed by atoms with Gasteiger partial charge < -0.3 is 15.0 Å². The standard InChI is InChI=1S/C26H27FN4O2S/c1-18-5-2-3-7-23(18)28-25(32)30(15-22-6-4-14-33-22)13-12-21-17-34-26-29-24(16-31(21)26)19-8-10-20(27)11-9-19/h2-3,5,7-11,16-17,22H,4,6,12-15H2,1H3,(H,28,32). The van der Waals surface area contributed by atoms with Crippen LogP contribution in [0, 0.1) is 12.7 Å². The second-order valence-electron chi connectivity index (χ2n) is 8.59. The molecule has 4 aromatic rings. The normalized spacial score (nSPS) is 15.6. The molecule has 0 spiro atoms. The predicted molar refractivity (Wildman–Crippen MR) is 133 cm³/mol. The van der Waals surface area contributed by atoms with Gasteiger partial charge in [-0.15, -0.1) is 11.3 Å². The van der Waals surface area contributed by atoms with Crippen LogP contribution in [0.4, 0.5) is 14.9 Å². The number of aromatic nitrogens is 2. The van der Waals surface area contributed by atoms with Crippen LogP contribution in [0.3, 0.4) is 0 Å². The van der Waals surface area contributed by atoms with Gasteiger partial charge in [-0.3, -0.25) is 4.40 Å². The molecule has 1 fully saturated rings. The Morgan fingerprint density at radius 2 is 2.09 bits per heavy atom. The van der Waals surface area contributed by atoms with Crippen LogP contribution in [0.1, 0.15) is 24.1 Å². The van der Waals surface area contributed by atoms with Gasteiger partial charge in [0.1, 0.15) is 5.82 Å². The van der Waals surface area contributed by atoms with Crippen molar-refractivity contribution in [1.82, 2.24) is 14.3 Å². The van der Waals surface area contributed by atoms with Crippen molar-refractivity contribution in [2.24, 2.45) is 0 Å². The molecule has 1 aliphatic heterocycles. The lowest BCUT2D eigenvalue weighted by Crippen LogP contribution is -2.41. The average molecular weight is 479 g/mol. The number of nitrogens with zero attached hydrogens (tertiary/aromatic N) is 3. The Morgan fingerprint density at radius 1 is 1.26 bits per heavy atom. The highest BCUT2D eigenvalue weighted by Crippen LogP contribution is 2.25. The molecule has 0 radical (unpaired) electrons. The lowest BCUT2D eigenvalue weighted by atomic mass is 10.2. The van der Waals surface area contributed by atoms with E-state index in [9.17, 15) is 9.18 Å². The molecule has 3 heterocycles. The fourth-order valence-corrected chi connectivity index (χ4v) is 5.14. The number of para-hydroxylation sites is 1. The second-order valence-corrected chi connectivity index (χ2v) is 9.43. The van der Waals surface area contributed by atoms with Crippen molar-refractivity contribution in [3.05, 3.63) is 77.2 Å². The van der Waals surface area contributed by atoms with E-state index in [4.69, 9.17) is 9.72 Å². The average Bonchev–Trinajstić information content (AvgIpc) is 3.57. The smallest absolute Gasteiger partial charge is 0.321 e. The zero-order valence-electron chi connectivity index (χ0n) is 19.0. The van der Waals surface area contributed by atoms with Gasteiger partial charge in [0.05, 0.1) is 11.8 Å². The Bertz CT molecular complexity index is 1280. The number of carbonyl (C=O) groups is 1. The summed E-state index contributed by atoms with van der Waals surface area (Å²) in [4.78, 5) is 20.6. The first-order valence-corrected chi connectivity index (χ1v) is 12.4. The van der Waals surface area contributed by atoms with Crippen molar-refractivity contribution >= 4 is 28.0 Å². The number of amides is 2. The number of nitrogens with one attached hydrogen (secondary N) is 1. The molecule has 6 nitrogen and oxygen atoms in total. The van der Waals surface area contributed by atoms with Gasteiger partial charge >= 0.3 is 6.03 Å². The SMILES string of the molecule is Cc1ccccc1NC(=O)N(CCc1csc2nc(-c3ccc(F)cc3)cn12)CC1CCCO1. The lowest BCUT2D eigenvalue weighted by Gasteiger charge is -2.26. The summed E-state index contributed by atoms with van der Waals surface area (Å²) in [6.07, 6.45) is 4.74. The first kappa shape index (κ1) is 22.6. The summed E-state index contributed by atoms with van der Waals surface area (Å²) >= 11 is 1.56. The second kappa shape index (κ2) is 9.95. The summed E-state index contributed by atoms with van der Waals surface area (Å²) in [5, 5.41) is 5.15. The van der Waals surface area contributed by atoms with E-state index in [1.54, 1.807) is 23.5 Å². The molecule has 8 heteroatoms. The number of aryl methyl sites for hydroxylation is 1. The Morgan fingerprint density at radius 3 is 2.85 bits per heavy atom. The van der Waals surface area contributed by atoms with Gasteiger partial charge in [0, 0.05) is 54.6 Å². The summed E-state index contributed by atoms with van der Waals surface area (Å²) in [5.41, 5.74) is 4.62. The van der Waals surface area contributed by atoms with E-state index < -0.39 is 0 Å². The van der Waals surface area contributed by atoms with E-state index in [-0.39, 0.29) is 18.0 Å². The zero-order valence-corrected chi connectivity index (χ0v) is 19.9. The van der Waals surface area contributed by atoms with Gasteiger partial charge in [-0.2, -0.15) is 0 Å². The topological polar surface area (TPSA) is 58.9 Å². The maximum Gasteiger partial charge on any atom is 0.321 e. The minimum atomic E-state index is -0.263. The number of hydrogen-bond acceptors (Lipinski definition) is 4. The summed E-state index contributed by atoms with van der Waals surface area (Å²) in [6, 6.07) is 14.0. The number of benzene rings is 2. The predicted octanol–water partition coefficient (Wildman–Crippen LogP) is 5.77. The van der Waals surface area contributed by atoms with Gasteiger partial charge in [-0.1, -0.05) is 18.2 Å². The van der Waals surface area contributed by atoms with Gasteiger partial charge in [-0.05, 0) is 55.7 Å². The number of hydrogen-bond donors (Lipinski definition) is 1. The summed E-state index contributed by atoms with van der Waals surface area (Å²) in [5.74, 6) is -0.263. The van der Waals surface area contributed by atoms with Crippen LogP contribution in [0.5, 0.6) is 0 Å². The Hall–Kier alpha value is -3.23. The fraction of sp³-hybridized carbons (Fsp3) is 0.308. The van der Waals surface area contributed by atoms with E-state index in [0.717, 1.165) is 52.6 Å². The monoisotopic (exact) mass is 478 g/mol. The summed E-state index contributed by atoms with van der Waals surface area (Å²) < 4.78 is 21.2. The highest BCUT2D eigenvalue weighted by atomic mass is 32.1. The molecule has 1 unspecified atom stereocenters. The third-order valence-electron chi connectivity index (χ3n) is 6.18. The highest BCUT2D eigenvalue weighted by molar-refractivity contribution is 7.15. The third-order valence-corrected chi connectivity index (χ3v) is 7.07. The number of urea groups is 1. The van der Waals surface area contributed by atoms with Crippen LogP contribution in [0.2, 0.25) is 0 Å². The molecule has 2 aromatic carbocycles. The fourth-order valence-electron chi connectivity index (χ4n) is 4.24. The minimum absolute atomic E-state index is 0.0726. The summed E-state index contributed by atoms with van der Waals surface area (Å²) in [6.45, 7) is 3.87. The van der Waals surface area contributed by atoms with Crippen LogP contribution in [-0.4, -0.2) is 46.1 Å². The number of ether oxygens (including phenoxy) is 1. The van der Waals surface area contributed by atoms with Gasteiger partial charge in [0.25, 0.3) is 0 Å². The first-order chi connectivity index (χ1) is 16.6. The molecule has 5 rings (SSSR count). The van der Waals surface area contributed by atoms with Gasteiger partial charge in [0.15, 0.2) is 4.96 Å². The van der Waals surface area contributed by atoms with Crippen LogP contribution < -0.4 is 5.32 Å². The first-order valence-electron chi connectivity index (χ1n) is 11.5. The number of rotatable bonds is 7. The van der Waals surface area contributed by atoms with Crippen LogP contribution in [-0.2, 0) is 11.2 Å². The maximum atomic E-state index is 13.3. The zero-order chi connectivity index (χ0) is 23.5. The lowest BCUT2D eigenvalue weighted by molar-refractivity contribution is 0.0838. The maximum absolute atomic E-state index is 13.3. The highest BCUT2D eigenvalue weighted by Gasteiger charge is 2.23. The largest absolute Gasteiger partial charge is 0.376 e. The number of carbonyl (C=O) groups excluding carboxylic acids is 1. The van der Waals surface area contributed by atoms with Crippen molar-refractivity contribution in [2.45, 2.75) is 32.3 Å². The van der Waals surface area contributed by atoms with Gasteiger partial charge in [0.2, 0.25) is 0 Å². The molecular formula is C26H27FN4O2S. The molecule has 0 aliphatic carbocycles. The van der Waals surface area contributed by atoms with Crippen LogP contribution >= 0.6 is 11.3 Å². The van der Waals surface area contributed by atoms with Crippen molar-refractivity contribution in [3.8, 4) is 11.3 Å². The van der Waals surface area contributed by atoms with Crippen molar-refractivity contribution in [2.75, 3.05) is 25.0 Å². The van der Waals surface area contributed by atoms with E-state index in [0.29, 0.717) is 19.5 Å². The Balaban J connectivity index is 1.32. The number of imidazole rings is 1. The molecule has 176 valence electrons. The van der Waals surface area contributed by atoms with Crippen molar-refractivity contribution in [1.29, 1.82) is 0 Å². The van der Waals surface area contributed by atoms with E-state index in [1.807, 2.05) is 42.3 Å². The molecule has 2 aromatic heterocycles. The molecule has 1 atom stereocenters. The third kappa shape index (κ3) is 4.98. The molecule has 2 amide bonds. The number of anilines is 1. The van der Waals surface area contributed by atoms with Gasteiger partial charge in [-0.25, -0.2) is 14.2 Å². The van der Waals surface area contributed by atoms with Crippen LogP contribution in [0.25, 0.3) is 16.2 Å². The van der Waals surface area contributed by atoms with E-state index in [2.05, 4.69) is 15.1 Å². The van der Waals surface area contributed by atoms with Crippen molar-refractivity contribution < 1.29 is 13.9 Å². The van der Waals surface area contributed by atoms with E-state index in [1.165, 1.54) is 12.1 Å². The number of halogens is 1. The Kier molecular flexibility index (Phi) is 6.60. The molecule has 1 aliphatic rings. The molecule has 34 heavy (non-hydrogen) atoms. The molecule has 1 saturated heterocycles. The quantitative estimate of drug-likeness (QED) is 0.367. The van der Waals surface area contributed by atoms with Crippen molar-refractivity contribution in [3.63, 3.8) is 0 Å². The molecular weight excluding hydrogens is 451 g/mol. The minimum Gasteiger partial charge on any atom is -0.376 e. The Labute approximate surface area is 202 Å². The van der Waals surface area contributed by atoms with Crippen LogP contribution in [0.15, 0.2) is 60.1 Å². The molecule has 1 N–H and O–H groups in total. The number of fused-ring (bicyclic) bond motifs is 1. The number of thiazole rings is 1. The molecule has 0 bridgehead atoms. The molecule has 0 saturated carbocycles.